The van der Waals surface area contributed by atoms with Gasteiger partial charge < -0.3 is 10.6 Å². The average Bonchev–Trinajstić information content (AvgIpc) is 3.05. The van der Waals surface area contributed by atoms with Crippen molar-refractivity contribution < 1.29 is 0 Å². The SMILES string of the molecule is c1cc2[nH]ncc2cc1N[C@@H]1[C@@H]2CC[C@H]1NC2. The van der Waals surface area contributed by atoms with Gasteiger partial charge in [0.25, 0.3) is 0 Å². The van der Waals surface area contributed by atoms with E-state index in [1.807, 2.05) is 6.20 Å². The molecule has 1 aliphatic heterocycles. The largest absolute Gasteiger partial charge is 0.380 e. The van der Waals surface area contributed by atoms with Crippen LogP contribution in [0.25, 0.3) is 10.9 Å². The molecule has 0 amide bonds. The molecule has 4 heteroatoms. The van der Waals surface area contributed by atoms with Gasteiger partial charge in [0.05, 0.1) is 11.7 Å². The number of benzene rings is 1. The summed E-state index contributed by atoms with van der Waals surface area (Å²) in [5.41, 5.74) is 2.31. The molecule has 0 radical (unpaired) electrons. The van der Waals surface area contributed by atoms with Gasteiger partial charge in [-0.3, -0.25) is 5.10 Å². The first-order valence-corrected chi connectivity index (χ1v) is 6.33. The third-order valence-corrected chi connectivity index (χ3v) is 4.21. The van der Waals surface area contributed by atoms with Crippen molar-refractivity contribution in [2.45, 2.75) is 24.9 Å². The van der Waals surface area contributed by atoms with Crippen LogP contribution >= 0.6 is 0 Å². The van der Waals surface area contributed by atoms with Crippen molar-refractivity contribution in [3.63, 3.8) is 0 Å². The van der Waals surface area contributed by atoms with Gasteiger partial charge in [-0.05, 0) is 37.0 Å². The lowest BCUT2D eigenvalue weighted by Gasteiger charge is -2.18. The van der Waals surface area contributed by atoms with Crippen LogP contribution in [0.3, 0.4) is 0 Å². The van der Waals surface area contributed by atoms with E-state index in [1.54, 1.807) is 0 Å². The number of rotatable bonds is 2. The smallest absolute Gasteiger partial charge is 0.0651 e. The maximum Gasteiger partial charge on any atom is 0.0651 e. The zero-order valence-electron chi connectivity index (χ0n) is 9.61. The van der Waals surface area contributed by atoms with Crippen molar-refractivity contribution in [3.05, 3.63) is 24.4 Å². The molecule has 4 nitrogen and oxygen atoms in total. The van der Waals surface area contributed by atoms with Gasteiger partial charge in [0.1, 0.15) is 0 Å². The van der Waals surface area contributed by atoms with Crippen molar-refractivity contribution in [2.24, 2.45) is 5.92 Å². The molecule has 2 heterocycles. The fourth-order valence-electron chi connectivity index (χ4n) is 3.29. The van der Waals surface area contributed by atoms with Crippen LogP contribution in [0.4, 0.5) is 5.69 Å². The van der Waals surface area contributed by atoms with E-state index in [1.165, 1.54) is 30.5 Å². The molecule has 2 aliphatic rings. The number of nitrogens with zero attached hydrogens (tertiary/aromatic N) is 1. The minimum atomic E-state index is 0.611. The Hall–Kier alpha value is -1.55. The first-order valence-electron chi connectivity index (χ1n) is 6.33. The van der Waals surface area contributed by atoms with E-state index in [-0.39, 0.29) is 0 Å². The summed E-state index contributed by atoms with van der Waals surface area (Å²) in [5.74, 6) is 0.806. The summed E-state index contributed by atoms with van der Waals surface area (Å²) in [5, 5.41) is 15.5. The van der Waals surface area contributed by atoms with Crippen molar-refractivity contribution in [1.29, 1.82) is 0 Å². The van der Waals surface area contributed by atoms with Gasteiger partial charge in [-0.1, -0.05) is 0 Å². The number of fused-ring (bicyclic) bond motifs is 3. The van der Waals surface area contributed by atoms with Crippen molar-refractivity contribution in [2.75, 3.05) is 11.9 Å². The molecule has 2 aromatic rings. The van der Waals surface area contributed by atoms with E-state index in [0.29, 0.717) is 12.1 Å². The number of aromatic nitrogens is 2. The van der Waals surface area contributed by atoms with E-state index in [2.05, 4.69) is 39.0 Å². The highest BCUT2D eigenvalue weighted by atomic mass is 15.1. The van der Waals surface area contributed by atoms with Crippen molar-refractivity contribution in [1.82, 2.24) is 15.5 Å². The van der Waals surface area contributed by atoms with Crippen molar-refractivity contribution >= 4 is 16.6 Å². The minimum absolute atomic E-state index is 0.611. The third-order valence-electron chi connectivity index (χ3n) is 4.21. The van der Waals surface area contributed by atoms with Crippen molar-refractivity contribution in [3.8, 4) is 0 Å². The second kappa shape index (κ2) is 3.47. The molecule has 4 rings (SSSR count). The molecule has 1 aromatic heterocycles. The van der Waals surface area contributed by atoms with Gasteiger partial charge >= 0.3 is 0 Å². The van der Waals surface area contributed by atoms with Crippen LogP contribution in [-0.2, 0) is 0 Å². The fraction of sp³-hybridized carbons (Fsp3) is 0.462. The van der Waals surface area contributed by atoms with Crippen LogP contribution in [0, 0.1) is 5.92 Å². The molecular formula is C13H16N4. The van der Waals surface area contributed by atoms with Crippen LogP contribution in [-0.4, -0.2) is 28.8 Å². The maximum absolute atomic E-state index is 4.05. The molecule has 1 aromatic carbocycles. The van der Waals surface area contributed by atoms with E-state index in [4.69, 9.17) is 0 Å². The highest BCUT2D eigenvalue weighted by Crippen LogP contribution is 2.33. The summed E-state index contributed by atoms with van der Waals surface area (Å²) < 4.78 is 0. The molecule has 1 aliphatic carbocycles. The van der Waals surface area contributed by atoms with Gasteiger partial charge in [-0.25, -0.2) is 0 Å². The first-order chi connectivity index (χ1) is 8.40. The Morgan fingerprint density at radius 1 is 1.29 bits per heavy atom. The zero-order chi connectivity index (χ0) is 11.2. The average molecular weight is 228 g/mol. The van der Waals surface area contributed by atoms with Crippen LogP contribution in [0.5, 0.6) is 0 Å². The number of aromatic amines is 1. The Morgan fingerprint density at radius 3 is 3.06 bits per heavy atom. The predicted octanol–water partition coefficient (Wildman–Crippen LogP) is 1.73. The molecule has 3 atom stereocenters. The quantitative estimate of drug-likeness (QED) is 0.733. The third kappa shape index (κ3) is 1.44. The second-order valence-corrected chi connectivity index (χ2v) is 5.19. The van der Waals surface area contributed by atoms with E-state index < -0.39 is 0 Å². The number of piperidine rings is 1. The first kappa shape index (κ1) is 9.48. The second-order valence-electron chi connectivity index (χ2n) is 5.19. The molecular weight excluding hydrogens is 212 g/mol. The molecule has 3 N–H and O–H groups in total. The van der Waals surface area contributed by atoms with Gasteiger partial charge in [-0.15, -0.1) is 0 Å². The Labute approximate surface area is 99.8 Å². The molecule has 88 valence electrons. The lowest BCUT2D eigenvalue weighted by atomic mass is 10.1. The van der Waals surface area contributed by atoms with Gasteiger partial charge in [-0.2, -0.15) is 5.10 Å². The normalized spacial score (nSPS) is 31.2. The summed E-state index contributed by atoms with van der Waals surface area (Å²) in [4.78, 5) is 0. The maximum atomic E-state index is 4.05. The molecule has 1 saturated carbocycles. The Balaban J connectivity index is 1.62. The van der Waals surface area contributed by atoms with E-state index in [0.717, 1.165) is 11.4 Å². The van der Waals surface area contributed by atoms with Crippen LogP contribution in [0.2, 0.25) is 0 Å². The zero-order valence-corrected chi connectivity index (χ0v) is 9.61. The van der Waals surface area contributed by atoms with Gasteiger partial charge in [0, 0.05) is 29.7 Å². The Kier molecular flexibility index (Phi) is 1.93. The summed E-state index contributed by atoms with van der Waals surface area (Å²) in [6.45, 7) is 1.18. The van der Waals surface area contributed by atoms with Crippen LogP contribution < -0.4 is 10.6 Å². The number of anilines is 1. The standard InChI is InChI=1S/C13H16N4/c1-3-12-13(8(1)6-14-12)16-10-2-4-11-9(5-10)7-15-17-11/h2,4-5,7-8,12-14,16H,1,3,6H2,(H,15,17)/t8-,12-,13-/m1/s1. The lowest BCUT2D eigenvalue weighted by molar-refractivity contribution is 0.503. The molecule has 17 heavy (non-hydrogen) atoms. The number of H-pyrrole nitrogens is 1. The highest BCUT2D eigenvalue weighted by Gasteiger charge is 2.41. The fourth-order valence-corrected chi connectivity index (χ4v) is 3.29. The van der Waals surface area contributed by atoms with Gasteiger partial charge in [0.15, 0.2) is 0 Å². The lowest BCUT2D eigenvalue weighted by Crippen LogP contribution is -2.32. The Bertz CT molecular complexity index is 527. The van der Waals surface area contributed by atoms with E-state index >= 15 is 0 Å². The summed E-state index contributed by atoms with van der Waals surface area (Å²) >= 11 is 0. The molecule has 2 fully saturated rings. The van der Waals surface area contributed by atoms with Gasteiger partial charge in [0.2, 0.25) is 0 Å². The monoisotopic (exact) mass is 228 g/mol. The predicted molar refractivity (Wildman–Crippen MR) is 68.0 cm³/mol. The summed E-state index contributed by atoms with van der Waals surface area (Å²) in [6, 6.07) is 7.68. The highest BCUT2D eigenvalue weighted by molar-refractivity contribution is 5.81. The summed E-state index contributed by atoms with van der Waals surface area (Å²) in [6.07, 6.45) is 4.56. The Morgan fingerprint density at radius 2 is 2.29 bits per heavy atom. The number of nitrogens with one attached hydrogen (secondary N) is 3. The topological polar surface area (TPSA) is 52.7 Å². The summed E-state index contributed by atoms with van der Waals surface area (Å²) in [7, 11) is 0. The molecule has 1 saturated heterocycles. The molecule has 2 bridgehead atoms. The number of hydrogen-bond donors (Lipinski definition) is 3. The van der Waals surface area contributed by atoms with Crippen LogP contribution in [0.1, 0.15) is 12.8 Å². The van der Waals surface area contributed by atoms with Crippen LogP contribution in [0.15, 0.2) is 24.4 Å². The van der Waals surface area contributed by atoms with E-state index in [9.17, 15) is 0 Å². The minimum Gasteiger partial charge on any atom is -0.380 e. The number of hydrogen-bond acceptors (Lipinski definition) is 3. The molecule has 0 unspecified atom stereocenters. The molecule has 0 spiro atoms.